The SMILES string of the molecule is Cc1cc(Cl)c(C(C)C)cc1OCCOCCS(N)(=O)=O. The summed E-state index contributed by atoms with van der Waals surface area (Å²) in [5.74, 6) is 0.884. The van der Waals surface area contributed by atoms with Crippen LogP contribution in [0.3, 0.4) is 0 Å². The summed E-state index contributed by atoms with van der Waals surface area (Å²) in [5.41, 5.74) is 1.99. The Balaban J connectivity index is 2.47. The van der Waals surface area contributed by atoms with Crippen LogP contribution in [0.1, 0.15) is 30.9 Å². The van der Waals surface area contributed by atoms with Crippen molar-refractivity contribution in [3.05, 3.63) is 28.3 Å². The van der Waals surface area contributed by atoms with Gasteiger partial charge < -0.3 is 9.47 Å². The van der Waals surface area contributed by atoms with Gasteiger partial charge >= 0.3 is 0 Å². The minimum atomic E-state index is -3.47. The van der Waals surface area contributed by atoms with E-state index in [1.165, 1.54) is 0 Å². The van der Waals surface area contributed by atoms with Crippen LogP contribution in [0, 0.1) is 6.92 Å². The number of hydrogen-bond acceptors (Lipinski definition) is 4. The van der Waals surface area contributed by atoms with E-state index >= 15 is 0 Å². The van der Waals surface area contributed by atoms with E-state index in [2.05, 4.69) is 13.8 Å². The lowest BCUT2D eigenvalue weighted by molar-refractivity contribution is 0.111. The third kappa shape index (κ3) is 6.65. The molecule has 0 bridgehead atoms. The maximum Gasteiger partial charge on any atom is 0.211 e. The highest BCUT2D eigenvalue weighted by molar-refractivity contribution is 7.89. The molecule has 120 valence electrons. The second-order valence-electron chi connectivity index (χ2n) is 5.12. The third-order valence-electron chi connectivity index (χ3n) is 2.91. The Labute approximate surface area is 131 Å². The van der Waals surface area contributed by atoms with Crippen LogP contribution >= 0.6 is 11.6 Å². The Morgan fingerprint density at radius 2 is 1.90 bits per heavy atom. The van der Waals surface area contributed by atoms with Crippen LogP contribution in [0.4, 0.5) is 0 Å². The Bertz CT molecular complexity index is 573. The highest BCUT2D eigenvalue weighted by Crippen LogP contribution is 2.31. The van der Waals surface area contributed by atoms with E-state index in [9.17, 15) is 8.42 Å². The second-order valence-corrected chi connectivity index (χ2v) is 7.26. The molecule has 0 radical (unpaired) electrons. The number of ether oxygens (including phenoxy) is 2. The van der Waals surface area contributed by atoms with Gasteiger partial charge in [0.15, 0.2) is 0 Å². The molecule has 0 saturated heterocycles. The molecule has 0 aromatic heterocycles. The number of sulfonamides is 1. The summed E-state index contributed by atoms with van der Waals surface area (Å²) in [6, 6.07) is 3.82. The molecule has 1 rings (SSSR count). The lowest BCUT2D eigenvalue weighted by Crippen LogP contribution is -2.21. The van der Waals surface area contributed by atoms with Gasteiger partial charge in [0, 0.05) is 5.02 Å². The van der Waals surface area contributed by atoms with E-state index in [4.69, 9.17) is 26.2 Å². The largest absolute Gasteiger partial charge is 0.491 e. The Morgan fingerprint density at radius 3 is 2.48 bits per heavy atom. The highest BCUT2D eigenvalue weighted by atomic mass is 35.5. The van der Waals surface area contributed by atoms with Crippen molar-refractivity contribution < 1.29 is 17.9 Å². The molecule has 0 aliphatic carbocycles. The molecule has 1 aromatic rings. The second kappa shape index (κ2) is 7.98. The Hall–Kier alpha value is -0.820. The van der Waals surface area contributed by atoms with E-state index in [1.54, 1.807) is 0 Å². The van der Waals surface area contributed by atoms with Crippen LogP contribution in [0.25, 0.3) is 0 Å². The van der Waals surface area contributed by atoms with Gasteiger partial charge in [0.25, 0.3) is 0 Å². The number of benzene rings is 1. The number of aryl methyl sites for hydroxylation is 1. The zero-order chi connectivity index (χ0) is 16.0. The summed E-state index contributed by atoms with van der Waals surface area (Å²) in [5, 5.41) is 5.60. The van der Waals surface area contributed by atoms with Crippen molar-refractivity contribution >= 4 is 21.6 Å². The first kappa shape index (κ1) is 18.2. The van der Waals surface area contributed by atoms with Gasteiger partial charge in [0.2, 0.25) is 10.0 Å². The molecule has 0 amide bonds. The molecule has 0 unspecified atom stereocenters. The molecule has 0 spiro atoms. The number of hydrogen-bond donors (Lipinski definition) is 1. The van der Waals surface area contributed by atoms with E-state index in [1.807, 2.05) is 19.1 Å². The van der Waals surface area contributed by atoms with E-state index in [0.29, 0.717) is 19.1 Å². The van der Waals surface area contributed by atoms with Crippen LogP contribution in [0.2, 0.25) is 5.02 Å². The Kier molecular flexibility index (Phi) is 6.93. The molecular formula is C14H22ClNO4S. The molecule has 7 heteroatoms. The van der Waals surface area contributed by atoms with Crippen molar-refractivity contribution in [1.82, 2.24) is 0 Å². The standard InChI is InChI=1S/C14H22ClNO4S/c1-10(2)12-9-14(11(3)8-13(12)15)20-5-4-19-6-7-21(16,17)18/h8-10H,4-7H2,1-3H3,(H2,16,17,18). The minimum Gasteiger partial charge on any atom is -0.491 e. The van der Waals surface area contributed by atoms with Crippen LogP contribution in [-0.4, -0.2) is 34.0 Å². The van der Waals surface area contributed by atoms with E-state index in [-0.39, 0.29) is 12.4 Å². The maximum absolute atomic E-state index is 10.7. The minimum absolute atomic E-state index is 0.0685. The van der Waals surface area contributed by atoms with Crippen LogP contribution in [-0.2, 0) is 14.8 Å². The number of nitrogens with two attached hydrogens (primary N) is 1. The van der Waals surface area contributed by atoms with Gasteiger partial charge in [-0.15, -0.1) is 0 Å². The Morgan fingerprint density at radius 1 is 1.24 bits per heavy atom. The van der Waals surface area contributed by atoms with Gasteiger partial charge in [0.1, 0.15) is 12.4 Å². The fourth-order valence-electron chi connectivity index (χ4n) is 1.75. The van der Waals surface area contributed by atoms with Gasteiger partial charge in [-0.2, -0.15) is 0 Å². The van der Waals surface area contributed by atoms with E-state index < -0.39 is 10.0 Å². The predicted octanol–water partition coefficient (Wildman–Crippen LogP) is 2.46. The molecule has 5 nitrogen and oxygen atoms in total. The molecule has 0 heterocycles. The first-order valence-corrected chi connectivity index (χ1v) is 8.81. The molecule has 0 aliphatic heterocycles. The van der Waals surface area contributed by atoms with Gasteiger partial charge in [0.05, 0.1) is 19.0 Å². The smallest absolute Gasteiger partial charge is 0.211 e. The van der Waals surface area contributed by atoms with E-state index in [0.717, 1.165) is 21.9 Å². The van der Waals surface area contributed by atoms with Crippen molar-refractivity contribution in [3.63, 3.8) is 0 Å². The normalized spacial score (nSPS) is 11.9. The summed E-state index contributed by atoms with van der Waals surface area (Å²) >= 11 is 6.19. The molecule has 0 aliphatic rings. The van der Waals surface area contributed by atoms with Crippen molar-refractivity contribution in [2.24, 2.45) is 5.14 Å². The average Bonchev–Trinajstić information content (AvgIpc) is 2.33. The van der Waals surface area contributed by atoms with Crippen molar-refractivity contribution in [3.8, 4) is 5.75 Å². The number of primary sulfonamides is 1. The third-order valence-corrected chi connectivity index (χ3v) is 3.98. The topological polar surface area (TPSA) is 78.6 Å². The molecule has 0 fully saturated rings. The van der Waals surface area contributed by atoms with Gasteiger partial charge in [-0.1, -0.05) is 25.4 Å². The quantitative estimate of drug-likeness (QED) is 0.740. The van der Waals surface area contributed by atoms with Crippen molar-refractivity contribution in [2.75, 3.05) is 25.6 Å². The molecular weight excluding hydrogens is 314 g/mol. The zero-order valence-electron chi connectivity index (χ0n) is 12.6. The summed E-state index contributed by atoms with van der Waals surface area (Å²) in [6.45, 7) is 6.76. The summed E-state index contributed by atoms with van der Waals surface area (Å²) < 4.78 is 32.2. The fraction of sp³-hybridized carbons (Fsp3) is 0.571. The highest BCUT2D eigenvalue weighted by Gasteiger charge is 2.10. The molecule has 2 N–H and O–H groups in total. The predicted molar refractivity (Wildman–Crippen MR) is 84.6 cm³/mol. The van der Waals surface area contributed by atoms with Gasteiger partial charge in [-0.3, -0.25) is 0 Å². The zero-order valence-corrected chi connectivity index (χ0v) is 14.1. The first-order valence-electron chi connectivity index (χ1n) is 6.71. The lowest BCUT2D eigenvalue weighted by atomic mass is 10.0. The summed E-state index contributed by atoms with van der Waals surface area (Å²) in [6.07, 6.45) is 0. The van der Waals surface area contributed by atoms with Crippen LogP contribution < -0.4 is 9.88 Å². The monoisotopic (exact) mass is 335 g/mol. The number of rotatable bonds is 8. The maximum atomic E-state index is 10.7. The fourth-order valence-corrected chi connectivity index (χ4v) is 2.54. The van der Waals surface area contributed by atoms with Crippen LogP contribution in [0.15, 0.2) is 12.1 Å². The van der Waals surface area contributed by atoms with Gasteiger partial charge in [-0.25, -0.2) is 13.6 Å². The van der Waals surface area contributed by atoms with Gasteiger partial charge in [-0.05, 0) is 36.1 Å². The molecule has 21 heavy (non-hydrogen) atoms. The summed E-state index contributed by atoms with van der Waals surface area (Å²) in [7, 11) is -3.47. The molecule has 0 saturated carbocycles. The van der Waals surface area contributed by atoms with Crippen molar-refractivity contribution in [1.29, 1.82) is 0 Å². The first-order chi connectivity index (χ1) is 9.70. The van der Waals surface area contributed by atoms with Crippen LogP contribution in [0.5, 0.6) is 5.75 Å². The summed E-state index contributed by atoms with van der Waals surface area (Å²) in [4.78, 5) is 0. The lowest BCUT2D eigenvalue weighted by Gasteiger charge is -2.14. The van der Waals surface area contributed by atoms with Crippen molar-refractivity contribution in [2.45, 2.75) is 26.7 Å². The molecule has 1 aromatic carbocycles. The molecule has 0 atom stereocenters. The number of halogens is 1. The average molecular weight is 336 g/mol.